The van der Waals surface area contributed by atoms with Crippen molar-refractivity contribution in [3.8, 4) is 45.3 Å². The average molecular weight is 818 g/mol. The third-order valence-electron chi connectivity index (χ3n) is 10.3. The van der Waals surface area contributed by atoms with E-state index < -0.39 is 10.2 Å². The first kappa shape index (κ1) is 39.8. The highest BCUT2D eigenvalue weighted by Gasteiger charge is 2.40. The van der Waals surface area contributed by atoms with Gasteiger partial charge in [0.2, 0.25) is 0 Å². The normalized spacial score (nSPS) is 12.7. The van der Waals surface area contributed by atoms with Crippen molar-refractivity contribution in [2.75, 3.05) is 24.0 Å². The molecule has 0 radical (unpaired) electrons. The lowest BCUT2D eigenvalue weighted by Gasteiger charge is -2.30. The maximum absolute atomic E-state index is 8.60. The second-order valence-electron chi connectivity index (χ2n) is 13.8. The van der Waals surface area contributed by atoms with Crippen LogP contribution in [0.3, 0.4) is 0 Å². The molecule has 0 bridgehead atoms. The molecule has 300 valence electrons. The summed E-state index contributed by atoms with van der Waals surface area (Å²) in [6.07, 6.45) is 4.18. The molecule has 0 amide bonds. The molecule has 0 fully saturated rings. The van der Waals surface area contributed by atoms with Crippen LogP contribution in [0.2, 0.25) is 0 Å². The van der Waals surface area contributed by atoms with Gasteiger partial charge in [0, 0.05) is 46.0 Å². The first-order chi connectivity index (χ1) is 29.1. The van der Waals surface area contributed by atoms with E-state index in [4.69, 9.17) is 38.1 Å². The van der Waals surface area contributed by atoms with Gasteiger partial charge in [-0.25, -0.2) is 9.97 Å². The molecule has 1 N–H and O–H groups in total. The largest absolute Gasteiger partial charge is 0.497 e. The van der Waals surface area contributed by atoms with Crippen LogP contribution in [0, 0.1) is 10.2 Å². The standard InChI is InChI=1S/C48H39N5O2.ClHO4/c1-51-42-22-14-13-21-40(42)41(46(51)35-19-11-6-12-20-35)31-32-43-52(36-23-27-38(54-2)28-24-36)47-48(53(43)37-25-29-39(55-3)30-26-37)50-45(34-17-9-5-10-18-34)44(49-47)33-15-7-4-8-16-33;2-1(3,4)5/h4-32,43H,1-3H3;(H,2,3,4,5)/b32-31+;. The third-order valence-corrected chi connectivity index (χ3v) is 10.3. The smallest absolute Gasteiger partial charge is 0.179 e. The van der Waals surface area contributed by atoms with Crippen molar-refractivity contribution < 1.29 is 38.4 Å². The van der Waals surface area contributed by atoms with Gasteiger partial charge in [-0.1, -0.05) is 115 Å². The molecule has 0 aliphatic carbocycles. The number of benzene rings is 6. The van der Waals surface area contributed by atoms with Crippen molar-refractivity contribution in [2.24, 2.45) is 7.05 Å². The maximum Gasteiger partial charge on any atom is 0.179 e. The fourth-order valence-corrected chi connectivity index (χ4v) is 7.63. The maximum atomic E-state index is 8.60. The number of hydrogen-bond donors (Lipinski definition) is 1. The number of anilines is 4. The van der Waals surface area contributed by atoms with E-state index in [-0.39, 0.29) is 6.17 Å². The number of fused-ring (bicyclic) bond motifs is 2. The lowest BCUT2D eigenvalue weighted by atomic mass is 10.0. The Hall–Kier alpha value is -6.99. The molecular weight excluding hydrogens is 778 g/mol. The number of rotatable bonds is 9. The van der Waals surface area contributed by atoms with Crippen LogP contribution in [0.5, 0.6) is 11.5 Å². The van der Waals surface area contributed by atoms with E-state index in [1.807, 2.05) is 60.7 Å². The monoisotopic (exact) mass is 817 g/mol. The van der Waals surface area contributed by atoms with E-state index in [2.05, 4.69) is 137 Å². The van der Waals surface area contributed by atoms with Crippen molar-refractivity contribution in [1.82, 2.24) is 14.5 Å². The molecule has 2 aromatic heterocycles. The van der Waals surface area contributed by atoms with Gasteiger partial charge in [0.1, 0.15) is 17.7 Å². The molecule has 0 spiro atoms. The fourth-order valence-electron chi connectivity index (χ4n) is 7.63. The second-order valence-corrected chi connectivity index (χ2v) is 14.6. The summed E-state index contributed by atoms with van der Waals surface area (Å²) in [4.78, 5) is 15.7. The lowest BCUT2D eigenvalue weighted by Crippen LogP contribution is -2.58. The van der Waals surface area contributed by atoms with Crippen molar-refractivity contribution in [1.29, 1.82) is 0 Å². The van der Waals surface area contributed by atoms with Gasteiger partial charge in [-0.15, -0.1) is 0 Å². The zero-order valence-electron chi connectivity index (χ0n) is 32.9. The Balaban J connectivity index is 0.000000943. The summed E-state index contributed by atoms with van der Waals surface area (Å²) in [6.45, 7) is 0. The highest BCUT2D eigenvalue weighted by atomic mass is 35.7. The van der Waals surface area contributed by atoms with Gasteiger partial charge in [-0.3, -0.25) is 9.80 Å². The quantitative estimate of drug-likeness (QED) is 0.159. The molecule has 3 heterocycles. The van der Waals surface area contributed by atoms with Crippen molar-refractivity contribution in [3.63, 3.8) is 0 Å². The van der Waals surface area contributed by atoms with E-state index in [0.717, 1.165) is 79.4 Å². The minimum Gasteiger partial charge on any atom is -0.497 e. The molecule has 11 nitrogen and oxygen atoms in total. The number of aryl methyl sites for hydroxylation is 1. The third kappa shape index (κ3) is 8.16. The Morgan fingerprint density at radius 1 is 0.567 bits per heavy atom. The molecule has 0 atom stereocenters. The average Bonchev–Trinajstić information content (AvgIpc) is 3.75. The van der Waals surface area contributed by atoms with E-state index in [1.54, 1.807) is 14.2 Å². The van der Waals surface area contributed by atoms with Gasteiger partial charge >= 0.3 is 0 Å². The summed E-state index contributed by atoms with van der Waals surface area (Å²) in [5.74, 6) is 3.05. The molecule has 1 aliphatic rings. The summed E-state index contributed by atoms with van der Waals surface area (Å²) >= 11 is 0. The van der Waals surface area contributed by atoms with Crippen LogP contribution in [-0.2, 0) is 7.05 Å². The zero-order chi connectivity index (χ0) is 41.8. The number of hydrogen-bond acceptors (Lipinski definition) is 10. The van der Waals surface area contributed by atoms with Crippen LogP contribution < -0.4 is 33.3 Å². The number of ether oxygens (including phenoxy) is 2. The number of halogens is 1. The van der Waals surface area contributed by atoms with Gasteiger partial charge in [0.05, 0.1) is 46.2 Å². The summed E-state index contributed by atoms with van der Waals surface area (Å²) in [5.41, 5.74) is 10.1. The Labute approximate surface area is 349 Å². The Morgan fingerprint density at radius 2 is 0.967 bits per heavy atom. The van der Waals surface area contributed by atoms with E-state index in [9.17, 15) is 0 Å². The van der Waals surface area contributed by atoms with Gasteiger partial charge < -0.3 is 14.0 Å². The van der Waals surface area contributed by atoms with Crippen LogP contribution in [0.15, 0.2) is 170 Å². The highest BCUT2D eigenvalue weighted by Crippen LogP contribution is 2.49. The van der Waals surface area contributed by atoms with Crippen LogP contribution in [0.4, 0.5) is 23.0 Å². The van der Waals surface area contributed by atoms with Crippen LogP contribution in [-0.4, -0.2) is 39.6 Å². The van der Waals surface area contributed by atoms with E-state index in [0.29, 0.717) is 0 Å². The Kier molecular flexibility index (Phi) is 11.3. The second kappa shape index (κ2) is 17.1. The van der Waals surface area contributed by atoms with Gasteiger partial charge in [0.15, 0.2) is 11.6 Å². The predicted molar refractivity (Wildman–Crippen MR) is 227 cm³/mol. The van der Waals surface area contributed by atoms with Gasteiger partial charge in [-0.05, 0) is 66.2 Å². The minimum absolute atomic E-state index is 0.367. The number of nitrogens with zero attached hydrogens (tertiary/aromatic N) is 5. The molecule has 60 heavy (non-hydrogen) atoms. The summed E-state index contributed by atoms with van der Waals surface area (Å²) in [7, 11) is 0.827. The van der Waals surface area contributed by atoms with Crippen molar-refractivity contribution >= 4 is 40.0 Å². The van der Waals surface area contributed by atoms with Gasteiger partial charge in [0.25, 0.3) is 0 Å². The van der Waals surface area contributed by atoms with Crippen LogP contribution in [0.25, 0.3) is 50.8 Å². The fraction of sp³-hybridized carbons (Fsp3) is 0.0833. The molecule has 1 aliphatic heterocycles. The minimum atomic E-state index is -4.69. The molecule has 12 heteroatoms. The number of para-hydroxylation sites is 1. The molecule has 6 aromatic carbocycles. The number of methoxy groups -OCH3 is 2. The Bertz CT molecular complexity index is 2620. The van der Waals surface area contributed by atoms with Gasteiger partial charge in [-0.2, -0.15) is 14.0 Å². The molecule has 0 saturated carbocycles. The molecule has 9 rings (SSSR count). The van der Waals surface area contributed by atoms with Crippen molar-refractivity contribution in [3.05, 3.63) is 175 Å². The molecule has 0 saturated heterocycles. The SMILES string of the molecule is COc1ccc(N2c3nc(-c4ccccc4)c(-c4ccccc4)nc3N(c3ccc(OC)cc3)C2/C=C/c2c(-c3ccccc3)n(C)c3ccccc23)cc1.[O-][Cl+3]([O-])([O-])O. The topological polar surface area (TPSA) is 145 Å². The van der Waals surface area contributed by atoms with Crippen LogP contribution in [0.1, 0.15) is 5.56 Å². The van der Waals surface area contributed by atoms with E-state index in [1.165, 1.54) is 5.39 Å². The molecular formula is C48H40ClN5O6. The van der Waals surface area contributed by atoms with Crippen LogP contribution >= 0.6 is 0 Å². The molecule has 0 unspecified atom stereocenters. The summed E-state index contributed by atoms with van der Waals surface area (Å²) < 4.78 is 46.2. The first-order valence-corrected chi connectivity index (χ1v) is 20.2. The summed E-state index contributed by atoms with van der Waals surface area (Å²) in [5, 5.41) is 1.18. The van der Waals surface area contributed by atoms with Crippen molar-refractivity contribution in [2.45, 2.75) is 6.17 Å². The lowest BCUT2D eigenvalue weighted by molar-refractivity contribution is -1.92. The molecule has 8 aromatic rings. The zero-order valence-corrected chi connectivity index (χ0v) is 33.7. The Morgan fingerprint density at radius 3 is 1.40 bits per heavy atom. The number of aromatic nitrogens is 3. The highest BCUT2D eigenvalue weighted by molar-refractivity contribution is 5.98. The predicted octanol–water partition coefficient (Wildman–Crippen LogP) is 7.19. The summed E-state index contributed by atoms with van der Waals surface area (Å²) in [6, 6.07) is 56.1. The first-order valence-electron chi connectivity index (χ1n) is 19.0. The van der Waals surface area contributed by atoms with E-state index >= 15 is 0 Å².